The van der Waals surface area contributed by atoms with Gasteiger partial charge in [0.1, 0.15) is 0 Å². The molecular formula is C12H16N2OS2. The van der Waals surface area contributed by atoms with Gasteiger partial charge in [0.05, 0.1) is 6.42 Å². The predicted molar refractivity (Wildman–Crippen MR) is 70.6 cm³/mol. The van der Waals surface area contributed by atoms with Crippen LogP contribution >= 0.6 is 23.6 Å². The molecule has 1 aliphatic carbocycles. The maximum atomic E-state index is 12.1. The number of hydrogen-bond acceptors (Lipinski definition) is 3. The van der Waals surface area contributed by atoms with Crippen LogP contribution in [0.25, 0.3) is 0 Å². The molecule has 1 aromatic heterocycles. The summed E-state index contributed by atoms with van der Waals surface area (Å²) in [4.78, 5) is 17.2. The largest absolute Gasteiger partial charge is 0.342 e. The van der Waals surface area contributed by atoms with Crippen molar-refractivity contribution in [1.29, 1.82) is 0 Å². The van der Waals surface area contributed by atoms with E-state index in [9.17, 15) is 4.79 Å². The number of fused-ring (bicyclic) bond motifs is 1. The quantitative estimate of drug-likeness (QED) is 0.837. The molecule has 92 valence electrons. The minimum absolute atomic E-state index is 0.253. The molecule has 2 atom stereocenters. The normalized spacial score (nSPS) is 27.4. The van der Waals surface area contributed by atoms with Gasteiger partial charge in [-0.1, -0.05) is 6.42 Å². The van der Waals surface area contributed by atoms with Crippen LogP contribution in [-0.2, 0) is 11.2 Å². The Hall–Kier alpha value is -0.680. The molecule has 0 aromatic carbocycles. The van der Waals surface area contributed by atoms with Crippen molar-refractivity contribution in [3.8, 4) is 0 Å². The molecule has 1 aromatic rings. The van der Waals surface area contributed by atoms with Gasteiger partial charge in [-0.15, -0.1) is 11.3 Å². The average Bonchev–Trinajstić information content (AvgIpc) is 2.92. The van der Waals surface area contributed by atoms with Crippen molar-refractivity contribution in [2.24, 2.45) is 11.8 Å². The molecule has 2 heterocycles. The summed E-state index contributed by atoms with van der Waals surface area (Å²) in [7, 11) is 0. The van der Waals surface area contributed by atoms with Crippen molar-refractivity contribution >= 4 is 29.5 Å². The highest BCUT2D eigenvalue weighted by Gasteiger charge is 2.37. The number of H-pyrrole nitrogens is 1. The van der Waals surface area contributed by atoms with Gasteiger partial charge >= 0.3 is 0 Å². The Morgan fingerprint density at radius 3 is 2.76 bits per heavy atom. The van der Waals surface area contributed by atoms with Crippen LogP contribution in [-0.4, -0.2) is 28.9 Å². The Morgan fingerprint density at radius 2 is 2.18 bits per heavy atom. The van der Waals surface area contributed by atoms with E-state index in [1.54, 1.807) is 0 Å². The lowest BCUT2D eigenvalue weighted by Crippen LogP contribution is -2.30. The van der Waals surface area contributed by atoms with E-state index in [0.717, 1.165) is 34.6 Å². The lowest BCUT2D eigenvalue weighted by Gasteiger charge is -2.16. The van der Waals surface area contributed by atoms with Crippen LogP contribution in [0, 0.1) is 15.8 Å². The molecule has 1 amide bonds. The van der Waals surface area contributed by atoms with Crippen molar-refractivity contribution in [3.05, 3.63) is 15.0 Å². The number of aromatic amines is 1. The van der Waals surface area contributed by atoms with E-state index in [1.807, 2.05) is 10.3 Å². The molecule has 0 spiro atoms. The lowest BCUT2D eigenvalue weighted by molar-refractivity contribution is -0.129. The molecule has 1 aliphatic heterocycles. The monoisotopic (exact) mass is 268 g/mol. The number of rotatable bonds is 2. The zero-order valence-corrected chi connectivity index (χ0v) is 11.3. The minimum Gasteiger partial charge on any atom is -0.342 e. The first-order chi connectivity index (χ1) is 8.22. The second-order valence-corrected chi connectivity index (χ2v) is 6.65. The molecule has 5 heteroatoms. The summed E-state index contributed by atoms with van der Waals surface area (Å²) in [5, 5.41) is 1.96. The number of likely N-dealkylation sites (tertiary alicyclic amines) is 1. The molecule has 3 rings (SSSR count). The first kappa shape index (κ1) is 11.4. The van der Waals surface area contributed by atoms with E-state index in [4.69, 9.17) is 12.2 Å². The third kappa shape index (κ3) is 2.31. The van der Waals surface area contributed by atoms with E-state index in [1.165, 1.54) is 30.6 Å². The van der Waals surface area contributed by atoms with Gasteiger partial charge in [-0.3, -0.25) is 4.79 Å². The fraction of sp³-hybridized carbons (Fsp3) is 0.667. The number of aromatic nitrogens is 1. The standard InChI is InChI=1S/C12H16N2OS2/c15-11(4-10-7-17-12(16)13-10)14-5-8-2-1-3-9(8)6-14/h7-9H,1-6H2,(H,13,16)/t8-,9+. The lowest BCUT2D eigenvalue weighted by atomic mass is 10.0. The second-order valence-electron chi connectivity index (χ2n) is 5.10. The number of amides is 1. The van der Waals surface area contributed by atoms with Gasteiger partial charge in [-0.05, 0) is 36.9 Å². The summed E-state index contributed by atoms with van der Waals surface area (Å²) >= 11 is 6.52. The zero-order chi connectivity index (χ0) is 11.8. The summed E-state index contributed by atoms with van der Waals surface area (Å²) in [6.07, 6.45) is 4.46. The van der Waals surface area contributed by atoms with Crippen molar-refractivity contribution in [2.45, 2.75) is 25.7 Å². The number of nitrogens with zero attached hydrogens (tertiary/aromatic N) is 1. The molecule has 17 heavy (non-hydrogen) atoms. The molecule has 0 bridgehead atoms. The minimum atomic E-state index is 0.253. The van der Waals surface area contributed by atoms with Crippen LogP contribution in [0.1, 0.15) is 25.0 Å². The van der Waals surface area contributed by atoms with E-state index in [2.05, 4.69) is 4.98 Å². The van der Waals surface area contributed by atoms with Crippen LogP contribution in [0.2, 0.25) is 0 Å². The van der Waals surface area contributed by atoms with Crippen LogP contribution in [0.3, 0.4) is 0 Å². The van der Waals surface area contributed by atoms with Crippen molar-refractivity contribution in [1.82, 2.24) is 9.88 Å². The average molecular weight is 268 g/mol. The second kappa shape index (κ2) is 4.53. The van der Waals surface area contributed by atoms with E-state index in [-0.39, 0.29) is 5.91 Å². The van der Waals surface area contributed by atoms with Crippen molar-refractivity contribution in [2.75, 3.05) is 13.1 Å². The highest BCUT2D eigenvalue weighted by atomic mass is 32.1. The van der Waals surface area contributed by atoms with Gasteiger partial charge in [0, 0.05) is 24.2 Å². The third-order valence-corrected chi connectivity index (χ3v) is 5.10. The Labute approximate surface area is 110 Å². The molecule has 2 fully saturated rings. The number of nitrogens with one attached hydrogen (secondary N) is 1. The van der Waals surface area contributed by atoms with Crippen molar-refractivity contribution in [3.63, 3.8) is 0 Å². The maximum absolute atomic E-state index is 12.1. The zero-order valence-electron chi connectivity index (χ0n) is 9.65. The number of hydrogen-bond donors (Lipinski definition) is 1. The molecule has 3 nitrogen and oxygen atoms in total. The van der Waals surface area contributed by atoms with Gasteiger partial charge in [-0.2, -0.15) is 0 Å². The fourth-order valence-corrected chi connectivity index (χ4v) is 3.97. The first-order valence-corrected chi connectivity index (χ1v) is 7.45. The van der Waals surface area contributed by atoms with Gasteiger partial charge in [0.2, 0.25) is 5.91 Å². The summed E-state index contributed by atoms with van der Waals surface area (Å²) in [6.45, 7) is 1.96. The molecule has 0 unspecified atom stereocenters. The van der Waals surface area contributed by atoms with Crippen LogP contribution in [0.15, 0.2) is 5.38 Å². The Bertz CT molecular complexity index is 467. The van der Waals surface area contributed by atoms with Crippen LogP contribution in [0.5, 0.6) is 0 Å². The molecular weight excluding hydrogens is 252 g/mol. The van der Waals surface area contributed by atoms with E-state index in [0.29, 0.717) is 6.42 Å². The maximum Gasteiger partial charge on any atom is 0.228 e. The highest BCUT2D eigenvalue weighted by Crippen LogP contribution is 2.37. The predicted octanol–water partition coefficient (Wildman–Crippen LogP) is 2.61. The number of thiazole rings is 1. The van der Waals surface area contributed by atoms with Gasteiger partial charge in [0.25, 0.3) is 0 Å². The Balaban J connectivity index is 1.62. The number of carbonyl (C=O) groups excluding carboxylic acids is 1. The molecule has 2 aliphatic rings. The molecule has 1 N–H and O–H groups in total. The SMILES string of the molecule is O=C(Cc1csc(=S)[nH]1)N1C[C@H]2CCC[C@H]2C1. The Morgan fingerprint density at radius 1 is 1.47 bits per heavy atom. The van der Waals surface area contributed by atoms with Gasteiger partial charge in [0.15, 0.2) is 3.95 Å². The number of carbonyl (C=O) groups is 1. The smallest absolute Gasteiger partial charge is 0.228 e. The highest BCUT2D eigenvalue weighted by molar-refractivity contribution is 7.73. The summed E-state index contributed by atoms with van der Waals surface area (Å²) in [5.41, 5.74) is 0.960. The van der Waals surface area contributed by atoms with E-state index >= 15 is 0 Å². The van der Waals surface area contributed by atoms with Crippen LogP contribution in [0.4, 0.5) is 0 Å². The van der Waals surface area contributed by atoms with Gasteiger partial charge in [-0.25, -0.2) is 0 Å². The van der Waals surface area contributed by atoms with E-state index < -0.39 is 0 Å². The molecule has 0 radical (unpaired) electrons. The first-order valence-electron chi connectivity index (χ1n) is 6.17. The Kier molecular flexibility index (Phi) is 3.04. The summed E-state index contributed by atoms with van der Waals surface area (Å²) < 4.78 is 0.756. The fourth-order valence-electron chi connectivity index (χ4n) is 3.11. The molecule has 1 saturated carbocycles. The summed E-state index contributed by atoms with van der Waals surface area (Å²) in [6, 6.07) is 0. The topological polar surface area (TPSA) is 36.1 Å². The van der Waals surface area contributed by atoms with Crippen LogP contribution < -0.4 is 0 Å². The molecule has 1 saturated heterocycles. The third-order valence-electron chi connectivity index (χ3n) is 3.99. The van der Waals surface area contributed by atoms with Crippen molar-refractivity contribution < 1.29 is 4.79 Å². The van der Waals surface area contributed by atoms with Gasteiger partial charge < -0.3 is 9.88 Å². The summed E-state index contributed by atoms with van der Waals surface area (Å²) in [5.74, 6) is 1.81.